The van der Waals surface area contributed by atoms with Crippen LogP contribution in [0.1, 0.15) is 0 Å². The van der Waals surface area contributed by atoms with Crippen LogP contribution in [0.5, 0.6) is 23.0 Å². The van der Waals surface area contributed by atoms with E-state index in [2.05, 4.69) is 0 Å². The monoisotopic (exact) mass is 300 g/mol. The molecule has 3 rings (SSSR count). The molecule has 0 atom stereocenters. The molecule has 1 aromatic heterocycles. The number of hydrogen-bond acceptors (Lipinski definition) is 6. The van der Waals surface area contributed by atoms with E-state index in [1.54, 1.807) is 24.3 Å². The second-order valence-electron chi connectivity index (χ2n) is 4.64. The Bertz CT molecular complexity index is 926. The maximum atomic E-state index is 12.1. The van der Waals surface area contributed by atoms with Gasteiger partial charge in [-0.3, -0.25) is 4.79 Å². The van der Waals surface area contributed by atoms with Crippen LogP contribution in [-0.2, 0) is 0 Å². The zero-order chi connectivity index (χ0) is 15.9. The largest absolute Gasteiger partial charge is 0.504 e. The lowest BCUT2D eigenvalue weighted by Gasteiger charge is -2.11. The highest BCUT2D eigenvalue weighted by Gasteiger charge is 2.20. The Kier molecular flexibility index (Phi) is 3.14. The minimum Gasteiger partial charge on any atom is -0.504 e. The lowest BCUT2D eigenvalue weighted by Crippen LogP contribution is -2.00. The molecule has 0 aliphatic carbocycles. The van der Waals surface area contributed by atoms with Crippen LogP contribution in [-0.4, -0.2) is 22.4 Å². The molecule has 0 aliphatic rings. The number of phenolic OH excluding ortho intramolecular Hbond substituents is 3. The van der Waals surface area contributed by atoms with Gasteiger partial charge >= 0.3 is 0 Å². The topological polar surface area (TPSA) is 100 Å². The van der Waals surface area contributed by atoms with Crippen LogP contribution in [0.15, 0.2) is 45.6 Å². The summed E-state index contributed by atoms with van der Waals surface area (Å²) in [6.45, 7) is 0. The second-order valence-corrected chi connectivity index (χ2v) is 4.64. The molecule has 0 bridgehead atoms. The Morgan fingerprint density at radius 3 is 2.45 bits per heavy atom. The smallest absolute Gasteiger partial charge is 0.205 e. The molecular formula is C16H12O6. The van der Waals surface area contributed by atoms with Gasteiger partial charge in [0.15, 0.2) is 16.9 Å². The van der Waals surface area contributed by atoms with Gasteiger partial charge in [0.2, 0.25) is 11.5 Å². The summed E-state index contributed by atoms with van der Waals surface area (Å²) < 4.78 is 10.5. The predicted octanol–water partition coefficient (Wildman–Crippen LogP) is 2.59. The molecule has 3 aromatic rings. The molecular weight excluding hydrogens is 288 g/mol. The Hall–Kier alpha value is -3.15. The quantitative estimate of drug-likeness (QED) is 0.629. The molecule has 0 unspecified atom stereocenters. The number of phenols is 3. The fraction of sp³-hybridized carbons (Fsp3) is 0.0625. The molecule has 2 aromatic carbocycles. The summed E-state index contributed by atoms with van der Waals surface area (Å²) in [5.41, 5.74) is 0.0914. The van der Waals surface area contributed by atoms with E-state index in [0.29, 0.717) is 11.0 Å². The van der Waals surface area contributed by atoms with Crippen molar-refractivity contribution in [3.8, 4) is 34.3 Å². The summed E-state index contributed by atoms with van der Waals surface area (Å²) in [4.78, 5) is 12.1. The lowest BCUT2D eigenvalue weighted by atomic mass is 10.1. The number of benzene rings is 2. The van der Waals surface area contributed by atoms with E-state index in [1.807, 2.05) is 0 Å². The number of hydrogen-bond donors (Lipinski definition) is 3. The number of methoxy groups -OCH3 is 1. The van der Waals surface area contributed by atoms with Crippen molar-refractivity contribution < 1.29 is 24.5 Å². The zero-order valence-corrected chi connectivity index (χ0v) is 11.5. The summed E-state index contributed by atoms with van der Waals surface area (Å²) in [6, 6.07) is 9.15. The number of aromatic hydroxyl groups is 3. The molecule has 0 spiro atoms. The summed E-state index contributed by atoms with van der Waals surface area (Å²) in [5, 5.41) is 29.8. The van der Waals surface area contributed by atoms with E-state index < -0.39 is 17.2 Å². The van der Waals surface area contributed by atoms with Crippen molar-refractivity contribution in [2.75, 3.05) is 7.11 Å². The molecule has 3 N–H and O–H groups in total. The van der Waals surface area contributed by atoms with Crippen LogP contribution in [0.2, 0.25) is 0 Å². The molecule has 0 saturated heterocycles. The molecule has 22 heavy (non-hydrogen) atoms. The first-order chi connectivity index (χ1) is 10.5. The van der Waals surface area contributed by atoms with E-state index in [0.717, 1.165) is 0 Å². The minimum atomic E-state index is -0.745. The third-order valence-corrected chi connectivity index (χ3v) is 3.33. The fourth-order valence-electron chi connectivity index (χ4n) is 2.20. The standard InChI is InChI=1S/C16H12O6/c1-21-13-6-9(14(18)16(20)15(13)19)12-7-10(17)8-4-2-3-5-11(8)22-12/h2-7,18-20H,1H3. The Labute approximate surface area is 124 Å². The maximum absolute atomic E-state index is 12.1. The van der Waals surface area contributed by atoms with E-state index >= 15 is 0 Å². The van der Waals surface area contributed by atoms with Gasteiger partial charge < -0.3 is 24.5 Å². The molecule has 0 aliphatic heterocycles. The number of ether oxygens (including phenoxy) is 1. The van der Waals surface area contributed by atoms with Crippen LogP contribution in [0.4, 0.5) is 0 Å². The third-order valence-electron chi connectivity index (χ3n) is 3.33. The van der Waals surface area contributed by atoms with Crippen molar-refractivity contribution in [3.05, 3.63) is 46.6 Å². The maximum Gasteiger partial charge on any atom is 0.205 e. The van der Waals surface area contributed by atoms with Crippen molar-refractivity contribution in [2.24, 2.45) is 0 Å². The van der Waals surface area contributed by atoms with Gasteiger partial charge in [0.25, 0.3) is 0 Å². The van der Waals surface area contributed by atoms with E-state index in [-0.39, 0.29) is 22.5 Å². The van der Waals surface area contributed by atoms with Crippen LogP contribution in [0.3, 0.4) is 0 Å². The number of fused-ring (bicyclic) bond motifs is 1. The zero-order valence-electron chi connectivity index (χ0n) is 11.5. The van der Waals surface area contributed by atoms with Crippen molar-refractivity contribution >= 4 is 11.0 Å². The molecule has 0 saturated carbocycles. The highest BCUT2D eigenvalue weighted by Crippen LogP contribution is 2.48. The normalized spacial score (nSPS) is 10.8. The Balaban J connectivity index is 2.32. The van der Waals surface area contributed by atoms with Gasteiger partial charge in [-0.1, -0.05) is 12.1 Å². The molecule has 0 radical (unpaired) electrons. The van der Waals surface area contributed by atoms with Crippen LogP contribution < -0.4 is 10.2 Å². The van der Waals surface area contributed by atoms with E-state index in [4.69, 9.17) is 9.15 Å². The summed E-state index contributed by atoms with van der Waals surface area (Å²) in [6.07, 6.45) is 0. The molecule has 0 fully saturated rings. The minimum absolute atomic E-state index is 0.0370. The van der Waals surface area contributed by atoms with Gasteiger partial charge in [0, 0.05) is 6.07 Å². The average Bonchev–Trinajstić information content (AvgIpc) is 2.53. The molecule has 6 nitrogen and oxygen atoms in total. The first-order valence-corrected chi connectivity index (χ1v) is 6.38. The van der Waals surface area contributed by atoms with Gasteiger partial charge in [0.1, 0.15) is 11.3 Å². The van der Waals surface area contributed by atoms with E-state index in [1.165, 1.54) is 19.2 Å². The van der Waals surface area contributed by atoms with Crippen LogP contribution in [0.25, 0.3) is 22.3 Å². The summed E-state index contributed by atoms with van der Waals surface area (Å²) >= 11 is 0. The number of para-hydroxylation sites is 1. The molecule has 1 heterocycles. The predicted molar refractivity (Wildman–Crippen MR) is 79.5 cm³/mol. The van der Waals surface area contributed by atoms with Crippen LogP contribution >= 0.6 is 0 Å². The Morgan fingerprint density at radius 2 is 1.73 bits per heavy atom. The summed E-state index contributed by atoms with van der Waals surface area (Å²) in [5.74, 6) is -1.94. The molecule has 0 amide bonds. The van der Waals surface area contributed by atoms with Crippen molar-refractivity contribution in [1.82, 2.24) is 0 Å². The highest BCUT2D eigenvalue weighted by molar-refractivity contribution is 5.81. The van der Waals surface area contributed by atoms with E-state index in [9.17, 15) is 20.1 Å². The third kappa shape index (κ3) is 2.01. The van der Waals surface area contributed by atoms with Crippen LogP contribution in [0, 0.1) is 0 Å². The molecule has 6 heteroatoms. The van der Waals surface area contributed by atoms with Gasteiger partial charge in [-0.2, -0.15) is 0 Å². The Morgan fingerprint density at radius 1 is 1.00 bits per heavy atom. The number of rotatable bonds is 2. The second kappa shape index (κ2) is 5.00. The van der Waals surface area contributed by atoms with Crippen molar-refractivity contribution in [1.29, 1.82) is 0 Å². The molecule has 112 valence electrons. The average molecular weight is 300 g/mol. The van der Waals surface area contributed by atoms with Gasteiger partial charge in [-0.05, 0) is 18.2 Å². The van der Waals surface area contributed by atoms with Gasteiger partial charge in [-0.25, -0.2) is 0 Å². The SMILES string of the molecule is COc1cc(-c2cc(=O)c3ccccc3o2)c(O)c(O)c1O. The highest BCUT2D eigenvalue weighted by atomic mass is 16.5. The fourth-order valence-corrected chi connectivity index (χ4v) is 2.20. The van der Waals surface area contributed by atoms with Gasteiger partial charge in [-0.15, -0.1) is 0 Å². The van der Waals surface area contributed by atoms with Crippen molar-refractivity contribution in [3.63, 3.8) is 0 Å². The summed E-state index contributed by atoms with van der Waals surface area (Å²) in [7, 11) is 1.30. The first kappa shape index (κ1) is 13.8. The van der Waals surface area contributed by atoms with Gasteiger partial charge in [0.05, 0.1) is 18.1 Å². The first-order valence-electron chi connectivity index (χ1n) is 6.38. The van der Waals surface area contributed by atoms with Crippen molar-refractivity contribution in [2.45, 2.75) is 0 Å². The lowest BCUT2D eigenvalue weighted by molar-refractivity contribution is 0.336.